The lowest BCUT2D eigenvalue weighted by molar-refractivity contribution is -0.256. The summed E-state index contributed by atoms with van der Waals surface area (Å²) in [6.07, 6.45) is -0.953. The van der Waals surface area contributed by atoms with Gasteiger partial charge in [0, 0.05) is 11.0 Å². The molecule has 1 aliphatic heterocycles. The van der Waals surface area contributed by atoms with E-state index in [1.165, 1.54) is 0 Å². The summed E-state index contributed by atoms with van der Waals surface area (Å²) in [7, 11) is 0. The molecule has 24 heavy (non-hydrogen) atoms. The molecule has 1 saturated heterocycles. The van der Waals surface area contributed by atoms with Crippen molar-refractivity contribution in [3.05, 3.63) is 28.7 Å². The quantitative estimate of drug-likeness (QED) is 0.661. The fraction of sp³-hybridized carbons (Fsp3) is 0.667. The van der Waals surface area contributed by atoms with Crippen LogP contribution in [0.15, 0.2) is 28.7 Å². The van der Waals surface area contributed by atoms with E-state index in [1.807, 2.05) is 29.2 Å². The largest absolute Gasteiger partial charge is 0.493 e. The zero-order valence-corrected chi connectivity index (χ0v) is 15.2. The van der Waals surface area contributed by atoms with Gasteiger partial charge in [0.05, 0.1) is 12.0 Å². The van der Waals surface area contributed by atoms with E-state index >= 15 is 0 Å². The zero-order valence-electron chi connectivity index (χ0n) is 13.6. The average molecular weight is 406 g/mol. The van der Waals surface area contributed by atoms with E-state index in [1.54, 1.807) is 0 Å². The summed E-state index contributed by atoms with van der Waals surface area (Å²) in [5, 5.41) is 0. The van der Waals surface area contributed by atoms with Gasteiger partial charge in [0.25, 0.3) is 0 Å². The Balaban J connectivity index is 1.43. The minimum atomic E-state index is -4.06. The van der Waals surface area contributed by atoms with Gasteiger partial charge in [0.1, 0.15) is 5.75 Å². The predicted molar refractivity (Wildman–Crippen MR) is 91.1 cm³/mol. The third-order valence-corrected chi connectivity index (χ3v) is 5.97. The van der Waals surface area contributed by atoms with Crippen molar-refractivity contribution in [1.29, 1.82) is 0 Å². The number of rotatable bonds is 5. The molecular weight excluding hydrogens is 383 g/mol. The monoisotopic (exact) mass is 405 g/mol. The van der Waals surface area contributed by atoms with Crippen LogP contribution in [0.5, 0.6) is 5.75 Å². The van der Waals surface area contributed by atoms with Crippen molar-refractivity contribution in [2.24, 2.45) is 11.3 Å². The number of benzene rings is 1. The van der Waals surface area contributed by atoms with Crippen LogP contribution < -0.4 is 4.74 Å². The molecule has 1 aliphatic carbocycles. The summed E-state index contributed by atoms with van der Waals surface area (Å²) < 4.78 is 46.6. The highest BCUT2D eigenvalue weighted by atomic mass is 79.9. The van der Waals surface area contributed by atoms with Gasteiger partial charge < -0.3 is 9.64 Å². The highest BCUT2D eigenvalue weighted by Crippen LogP contribution is 2.53. The fourth-order valence-electron chi connectivity index (χ4n) is 3.62. The molecule has 3 rings (SSSR count). The Hall–Kier alpha value is -0.750. The maximum Gasteiger partial charge on any atom is 0.395 e. The van der Waals surface area contributed by atoms with Crippen LogP contribution in [-0.2, 0) is 0 Å². The van der Waals surface area contributed by atoms with E-state index in [9.17, 15) is 13.2 Å². The van der Waals surface area contributed by atoms with Crippen LogP contribution in [0, 0.1) is 11.3 Å². The van der Waals surface area contributed by atoms with Crippen LogP contribution in [-0.4, -0.2) is 37.3 Å². The zero-order chi connectivity index (χ0) is 17.2. The highest BCUT2D eigenvalue weighted by molar-refractivity contribution is 9.10. The van der Waals surface area contributed by atoms with Gasteiger partial charge in [-0.15, -0.1) is 0 Å². The molecule has 0 unspecified atom stereocenters. The Bertz CT molecular complexity index is 534. The molecule has 1 heterocycles. The van der Waals surface area contributed by atoms with Gasteiger partial charge in [-0.05, 0) is 69.0 Å². The summed E-state index contributed by atoms with van der Waals surface area (Å²) in [5.74, 6) is 1.26. The number of hydrogen-bond donors (Lipinski definition) is 0. The number of hydrogen-bond acceptors (Lipinski definition) is 2. The lowest BCUT2D eigenvalue weighted by Gasteiger charge is -2.47. The van der Waals surface area contributed by atoms with Gasteiger partial charge in [0.2, 0.25) is 0 Å². The van der Waals surface area contributed by atoms with Crippen molar-refractivity contribution in [2.75, 3.05) is 26.2 Å². The molecule has 6 heteroatoms. The molecule has 0 spiro atoms. The Kier molecular flexibility index (Phi) is 5.45. The third-order valence-electron chi connectivity index (χ3n) is 5.44. The lowest BCUT2D eigenvalue weighted by Crippen LogP contribution is -2.53. The maximum absolute atomic E-state index is 13.3. The molecule has 2 aliphatic rings. The smallest absolute Gasteiger partial charge is 0.395 e. The second kappa shape index (κ2) is 7.24. The minimum absolute atomic E-state index is 0.177. The van der Waals surface area contributed by atoms with Gasteiger partial charge >= 0.3 is 6.18 Å². The second-order valence-electron chi connectivity index (χ2n) is 7.12. The first kappa shape index (κ1) is 18.1. The van der Waals surface area contributed by atoms with Crippen molar-refractivity contribution in [1.82, 2.24) is 4.90 Å². The summed E-state index contributed by atoms with van der Waals surface area (Å²) in [5.41, 5.74) is -1.44. The summed E-state index contributed by atoms with van der Waals surface area (Å²) in [4.78, 5) is 2.00. The molecule has 2 fully saturated rings. The molecule has 1 aromatic carbocycles. The number of ether oxygens (including phenoxy) is 1. The van der Waals surface area contributed by atoms with Crippen LogP contribution in [0.1, 0.15) is 32.1 Å². The lowest BCUT2D eigenvalue weighted by atomic mass is 9.67. The van der Waals surface area contributed by atoms with E-state index in [0.29, 0.717) is 31.8 Å². The van der Waals surface area contributed by atoms with Gasteiger partial charge in [-0.25, -0.2) is 0 Å². The van der Waals surface area contributed by atoms with E-state index in [0.717, 1.165) is 36.2 Å². The normalized spacial score (nSPS) is 22.2. The Morgan fingerprint density at radius 2 is 1.75 bits per heavy atom. The molecule has 1 aromatic rings. The maximum atomic E-state index is 13.3. The molecule has 0 amide bonds. The van der Waals surface area contributed by atoms with Gasteiger partial charge in [-0.3, -0.25) is 0 Å². The van der Waals surface area contributed by atoms with Crippen molar-refractivity contribution >= 4 is 15.9 Å². The predicted octanol–water partition coefficient (Wildman–Crippen LogP) is 5.27. The topological polar surface area (TPSA) is 12.5 Å². The molecule has 1 saturated carbocycles. The second-order valence-corrected chi connectivity index (χ2v) is 8.03. The summed E-state index contributed by atoms with van der Waals surface area (Å²) >= 11 is 3.39. The molecule has 134 valence electrons. The van der Waals surface area contributed by atoms with E-state index in [-0.39, 0.29) is 6.54 Å². The Morgan fingerprint density at radius 3 is 2.25 bits per heavy atom. The van der Waals surface area contributed by atoms with Crippen molar-refractivity contribution < 1.29 is 17.9 Å². The first-order chi connectivity index (χ1) is 11.4. The Morgan fingerprint density at radius 1 is 1.12 bits per heavy atom. The van der Waals surface area contributed by atoms with Crippen molar-refractivity contribution in [3.8, 4) is 5.75 Å². The van der Waals surface area contributed by atoms with Crippen LogP contribution in [0.2, 0.25) is 0 Å². The standard InChI is InChI=1S/C18H23BrF3NO/c19-15-2-4-16(5-3-15)24-12-14-6-10-23(11-7-14)13-17(8-1-9-17)18(20,21)22/h2-5,14H,1,6-13H2. The van der Waals surface area contributed by atoms with E-state index in [2.05, 4.69) is 15.9 Å². The number of nitrogens with zero attached hydrogens (tertiary/aromatic N) is 1. The molecule has 2 nitrogen and oxygen atoms in total. The molecule has 0 aromatic heterocycles. The van der Waals surface area contributed by atoms with Crippen LogP contribution >= 0.6 is 15.9 Å². The molecular formula is C18H23BrF3NO. The van der Waals surface area contributed by atoms with Gasteiger partial charge in [-0.1, -0.05) is 22.4 Å². The fourth-order valence-corrected chi connectivity index (χ4v) is 3.88. The molecule has 0 radical (unpaired) electrons. The third kappa shape index (κ3) is 4.07. The van der Waals surface area contributed by atoms with Gasteiger partial charge in [-0.2, -0.15) is 13.2 Å². The van der Waals surface area contributed by atoms with Crippen LogP contribution in [0.4, 0.5) is 13.2 Å². The van der Waals surface area contributed by atoms with Crippen molar-refractivity contribution in [3.63, 3.8) is 0 Å². The average Bonchev–Trinajstić information content (AvgIpc) is 2.50. The van der Waals surface area contributed by atoms with Gasteiger partial charge in [0.15, 0.2) is 0 Å². The van der Waals surface area contributed by atoms with E-state index < -0.39 is 11.6 Å². The van der Waals surface area contributed by atoms with E-state index in [4.69, 9.17) is 4.74 Å². The SMILES string of the molecule is FC(F)(F)C1(CN2CCC(COc3ccc(Br)cc3)CC2)CCC1. The highest BCUT2D eigenvalue weighted by Gasteiger charge is 2.58. The molecule has 0 bridgehead atoms. The van der Waals surface area contributed by atoms with Crippen LogP contribution in [0.25, 0.3) is 0 Å². The van der Waals surface area contributed by atoms with Crippen LogP contribution in [0.3, 0.4) is 0 Å². The minimum Gasteiger partial charge on any atom is -0.493 e. The first-order valence-corrected chi connectivity index (χ1v) is 9.35. The number of alkyl halides is 3. The molecule has 0 atom stereocenters. The Labute approximate surface area is 149 Å². The number of piperidine rings is 1. The summed E-state index contributed by atoms with van der Waals surface area (Å²) in [6.45, 7) is 2.30. The summed E-state index contributed by atoms with van der Waals surface area (Å²) in [6, 6.07) is 7.71. The number of likely N-dealkylation sites (tertiary alicyclic amines) is 1. The number of halogens is 4. The van der Waals surface area contributed by atoms with Crippen molar-refractivity contribution in [2.45, 2.75) is 38.3 Å². The first-order valence-electron chi connectivity index (χ1n) is 8.55. The molecule has 0 N–H and O–H groups in total.